The normalized spacial score (nSPS) is 13.1. The first-order chi connectivity index (χ1) is 15.4. The van der Waals surface area contributed by atoms with Crippen molar-refractivity contribution in [3.8, 4) is 17.2 Å². The number of sulfonamides is 1. The highest BCUT2D eigenvalue weighted by Crippen LogP contribution is 2.34. The third-order valence-electron chi connectivity index (χ3n) is 5.98. The highest BCUT2D eigenvalue weighted by Gasteiger charge is 2.23. The summed E-state index contributed by atoms with van der Waals surface area (Å²) in [5, 5.41) is 9.20. The van der Waals surface area contributed by atoms with E-state index in [9.17, 15) is 18.5 Å². The van der Waals surface area contributed by atoms with Crippen molar-refractivity contribution in [2.45, 2.75) is 46.0 Å². The lowest BCUT2D eigenvalue weighted by atomic mass is 9.91. The fraction of sp³-hybridized carbons (Fsp3) is 0.458. The Labute approximate surface area is 190 Å². The summed E-state index contributed by atoms with van der Waals surface area (Å²) in [5.74, 6) is -0.603. The zero-order chi connectivity index (χ0) is 23.1. The van der Waals surface area contributed by atoms with Gasteiger partial charge in [0.2, 0.25) is 15.9 Å². The minimum Gasteiger partial charge on any atom is -0.304 e. The van der Waals surface area contributed by atoms with Crippen LogP contribution < -0.4 is 4.72 Å². The fourth-order valence-electron chi connectivity index (χ4n) is 4.31. The Morgan fingerprint density at radius 2 is 2.00 bits per heavy atom. The van der Waals surface area contributed by atoms with E-state index in [1.54, 1.807) is 12.3 Å². The molecule has 0 atom stereocenters. The van der Waals surface area contributed by atoms with E-state index >= 15 is 0 Å². The highest BCUT2D eigenvalue weighted by atomic mass is 32.2. The van der Waals surface area contributed by atoms with Crippen molar-refractivity contribution >= 4 is 15.9 Å². The zero-order valence-corrected chi connectivity index (χ0v) is 19.5. The SMILES string of the molecule is CCN(CC)CCCS(=O)(=O)NC(=O)Cc1c(-c2ccnc(C#N)c2)ccc2c1CCC2. The number of nitrogens with one attached hydrogen (secondary N) is 1. The van der Waals surface area contributed by atoms with Gasteiger partial charge in [-0.3, -0.25) is 9.52 Å². The van der Waals surface area contributed by atoms with Gasteiger partial charge < -0.3 is 4.90 Å². The van der Waals surface area contributed by atoms with Gasteiger partial charge in [-0.2, -0.15) is 5.26 Å². The van der Waals surface area contributed by atoms with Crippen LogP contribution in [0, 0.1) is 11.3 Å². The molecule has 0 aliphatic heterocycles. The molecule has 0 saturated carbocycles. The molecule has 0 radical (unpaired) electrons. The lowest BCUT2D eigenvalue weighted by molar-refractivity contribution is -0.118. The Kier molecular flexibility index (Phi) is 7.99. The molecule has 1 aromatic heterocycles. The highest BCUT2D eigenvalue weighted by molar-refractivity contribution is 7.90. The molecule has 1 N–H and O–H groups in total. The van der Waals surface area contributed by atoms with Crippen molar-refractivity contribution in [3.05, 3.63) is 52.8 Å². The summed E-state index contributed by atoms with van der Waals surface area (Å²) in [6.45, 7) is 6.50. The number of rotatable bonds is 10. The van der Waals surface area contributed by atoms with Crippen molar-refractivity contribution in [3.63, 3.8) is 0 Å². The molecular formula is C24H30N4O3S. The monoisotopic (exact) mass is 454 g/mol. The summed E-state index contributed by atoms with van der Waals surface area (Å²) in [6.07, 6.45) is 4.86. The predicted molar refractivity (Wildman–Crippen MR) is 124 cm³/mol. The van der Waals surface area contributed by atoms with Gasteiger partial charge in [-0.1, -0.05) is 26.0 Å². The molecular weight excluding hydrogens is 424 g/mol. The Bertz CT molecular complexity index is 1120. The second-order valence-electron chi connectivity index (χ2n) is 8.03. The van der Waals surface area contributed by atoms with Crippen LogP contribution in [-0.4, -0.2) is 49.6 Å². The first kappa shape index (κ1) is 23.9. The Hall–Kier alpha value is -2.76. The van der Waals surface area contributed by atoms with Crippen LogP contribution in [0.15, 0.2) is 30.5 Å². The minimum atomic E-state index is -3.69. The largest absolute Gasteiger partial charge is 0.304 e. The van der Waals surface area contributed by atoms with Crippen molar-refractivity contribution in [1.29, 1.82) is 5.26 Å². The summed E-state index contributed by atoms with van der Waals surface area (Å²) in [4.78, 5) is 19.0. The van der Waals surface area contributed by atoms with E-state index in [2.05, 4.69) is 20.7 Å². The van der Waals surface area contributed by atoms with Gasteiger partial charge in [0.1, 0.15) is 11.8 Å². The molecule has 0 bridgehead atoms. The van der Waals surface area contributed by atoms with Gasteiger partial charge in [0.05, 0.1) is 12.2 Å². The van der Waals surface area contributed by atoms with Gasteiger partial charge in [-0.25, -0.2) is 13.4 Å². The summed E-state index contributed by atoms with van der Waals surface area (Å²) >= 11 is 0. The minimum absolute atomic E-state index is 0.0159. The first-order valence-corrected chi connectivity index (χ1v) is 12.8. The molecule has 0 spiro atoms. The lowest BCUT2D eigenvalue weighted by Gasteiger charge is -2.18. The van der Waals surface area contributed by atoms with Crippen molar-refractivity contribution in [1.82, 2.24) is 14.6 Å². The number of benzene rings is 1. The van der Waals surface area contributed by atoms with Crippen LogP contribution in [0.5, 0.6) is 0 Å². The first-order valence-electron chi connectivity index (χ1n) is 11.1. The van der Waals surface area contributed by atoms with E-state index in [0.29, 0.717) is 18.7 Å². The maximum Gasteiger partial charge on any atom is 0.237 e. The summed E-state index contributed by atoms with van der Waals surface area (Å²) in [5.41, 5.74) is 5.11. The molecule has 8 heteroatoms. The van der Waals surface area contributed by atoms with Gasteiger partial charge in [-0.05, 0) is 85.3 Å². The quantitative estimate of drug-likeness (QED) is 0.592. The molecule has 32 heavy (non-hydrogen) atoms. The number of aryl methyl sites for hydroxylation is 1. The third kappa shape index (κ3) is 5.93. The van der Waals surface area contributed by atoms with Crippen molar-refractivity contribution in [2.24, 2.45) is 0 Å². The van der Waals surface area contributed by atoms with E-state index in [-0.39, 0.29) is 12.2 Å². The number of hydrogen-bond donors (Lipinski definition) is 1. The number of nitrogens with zero attached hydrogens (tertiary/aromatic N) is 3. The molecule has 3 rings (SSSR count). The summed E-state index contributed by atoms with van der Waals surface area (Å²) in [7, 11) is -3.69. The van der Waals surface area contributed by atoms with Gasteiger partial charge in [0, 0.05) is 6.20 Å². The fourth-order valence-corrected chi connectivity index (χ4v) is 5.34. The standard InChI is InChI=1S/C24H30N4O3S/c1-3-28(4-2)13-6-14-32(30,31)27-24(29)16-23-21-8-5-7-18(21)9-10-22(23)19-11-12-26-20(15-19)17-25/h9-12,15H,3-8,13-14,16H2,1-2H3,(H,27,29). The molecule has 1 aromatic carbocycles. The van der Waals surface area contributed by atoms with Gasteiger partial charge in [0.15, 0.2) is 0 Å². The summed E-state index contributed by atoms with van der Waals surface area (Å²) < 4.78 is 27.2. The molecule has 0 saturated heterocycles. The van der Waals surface area contributed by atoms with Crippen LogP contribution in [-0.2, 0) is 34.1 Å². The van der Waals surface area contributed by atoms with Crippen molar-refractivity contribution < 1.29 is 13.2 Å². The Balaban J connectivity index is 1.78. The Morgan fingerprint density at radius 3 is 2.72 bits per heavy atom. The molecule has 1 amide bonds. The molecule has 0 unspecified atom stereocenters. The van der Waals surface area contributed by atoms with Crippen LogP contribution in [0.1, 0.15) is 49.1 Å². The van der Waals surface area contributed by atoms with Crippen molar-refractivity contribution in [2.75, 3.05) is 25.4 Å². The lowest BCUT2D eigenvalue weighted by Crippen LogP contribution is -2.35. The van der Waals surface area contributed by atoms with E-state index in [1.165, 1.54) is 5.56 Å². The number of fused-ring (bicyclic) bond motifs is 1. The zero-order valence-electron chi connectivity index (χ0n) is 18.7. The Morgan fingerprint density at radius 1 is 1.22 bits per heavy atom. The van der Waals surface area contributed by atoms with Crippen LogP contribution in [0.2, 0.25) is 0 Å². The molecule has 1 heterocycles. The third-order valence-corrected chi connectivity index (χ3v) is 7.34. The van der Waals surface area contributed by atoms with Crippen LogP contribution in [0.4, 0.5) is 0 Å². The van der Waals surface area contributed by atoms with E-state index in [1.807, 2.05) is 32.0 Å². The second kappa shape index (κ2) is 10.7. The number of carbonyl (C=O) groups excluding carboxylic acids is 1. The molecule has 1 aliphatic rings. The topological polar surface area (TPSA) is 103 Å². The van der Waals surface area contributed by atoms with E-state index in [0.717, 1.165) is 54.6 Å². The second-order valence-corrected chi connectivity index (χ2v) is 9.87. The molecule has 7 nitrogen and oxygen atoms in total. The summed E-state index contributed by atoms with van der Waals surface area (Å²) in [6, 6.07) is 9.57. The number of amides is 1. The average Bonchev–Trinajstić information content (AvgIpc) is 3.26. The maximum absolute atomic E-state index is 12.8. The average molecular weight is 455 g/mol. The maximum atomic E-state index is 12.8. The number of carbonyl (C=O) groups is 1. The van der Waals surface area contributed by atoms with E-state index < -0.39 is 15.9 Å². The molecule has 170 valence electrons. The van der Waals surface area contributed by atoms with Gasteiger partial charge in [0.25, 0.3) is 0 Å². The van der Waals surface area contributed by atoms with Gasteiger partial charge >= 0.3 is 0 Å². The van der Waals surface area contributed by atoms with Gasteiger partial charge in [-0.15, -0.1) is 0 Å². The molecule has 0 fully saturated rings. The number of nitriles is 1. The van der Waals surface area contributed by atoms with Crippen LogP contribution in [0.3, 0.4) is 0 Å². The predicted octanol–water partition coefficient (Wildman–Crippen LogP) is 2.83. The van der Waals surface area contributed by atoms with Crippen LogP contribution >= 0.6 is 0 Å². The number of hydrogen-bond acceptors (Lipinski definition) is 6. The number of pyridine rings is 1. The molecule has 2 aromatic rings. The smallest absolute Gasteiger partial charge is 0.237 e. The van der Waals surface area contributed by atoms with Crippen LogP contribution in [0.25, 0.3) is 11.1 Å². The molecule has 1 aliphatic carbocycles. The number of aromatic nitrogens is 1. The van der Waals surface area contributed by atoms with E-state index in [4.69, 9.17) is 0 Å².